The Hall–Kier alpha value is -7.74. The molecule has 0 amide bonds. The zero-order valence-corrected chi connectivity index (χ0v) is 32.7. The molecule has 14 rings (SSSR count). The van der Waals surface area contributed by atoms with Gasteiger partial charge in [-0.05, 0) is 147 Å². The minimum Gasteiger partial charge on any atom is -0.310 e. The summed E-state index contributed by atoms with van der Waals surface area (Å²) >= 11 is 0. The highest BCUT2D eigenvalue weighted by Gasteiger charge is 2.51. The highest BCUT2D eigenvalue weighted by molar-refractivity contribution is 6.15. The average Bonchev–Trinajstić information content (AvgIpc) is 3.74. The van der Waals surface area contributed by atoms with Crippen molar-refractivity contribution >= 4 is 27.8 Å². The average molecular weight is 758 g/mol. The van der Waals surface area contributed by atoms with E-state index in [2.05, 4.69) is 217 Å². The van der Waals surface area contributed by atoms with Gasteiger partial charge >= 0.3 is 0 Å². The van der Waals surface area contributed by atoms with Crippen LogP contribution in [-0.2, 0) is 5.41 Å². The van der Waals surface area contributed by atoms with Crippen molar-refractivity contribution in [2.24, 2.45) is 0 Å². The maximum Gasteiger partial charge on any atom is 0.0726 e. The molecular weight excluding hydrogens is 723 g/mol. The Bertz CT molecular complexity index is 3430. The number of anilines is 3. The SMILES string of the molecule is c1ccc2c(c1)-c1cccc3c1-c1cc(N(c4ccc5c(c4)C4(c6ccccc6-c6ccccc64)c4ccccc4-5)c4ccc5ccccc5c4)ccc1-c1cccc-3c1-2. The second-order valence-electron chi connectivity index (χ2n) is 16.7. The molecule has 6 bridgehead atoms. The molecule has 4 aliphatic rings. The Balaban J connectivity index is 1.05. The van der Waals surface area contributed by atoms with Crippen LogP contribution in [0.15, 0.2) is 212 Å². The van der Waals surface area contributed by atoms with Crippen molar-refractivity contribution in [3.8, 4) is 77.9 Å². The minimum absolute atomic E-state index is 0.434. The number of rotatable bonds is 3. The van der Waals surface area contributed by atoms with Crippen LogP contribution in [0.3, 0.4) is 0 Å². The van der Waals surface area contributed by atoms with Crippen LogP contribution >= 0.6 is 0 Å². The van der Waals surface area contributed by atoms with Crippen LogP contribution in [0.2, 0.25) is 0 Å². The summed E-state index contributed by atoms with van der Waals surface area (Å²) in [5.41, 5.74) is 26.6. The standard InChI is InChI=1S/C59H35N/c1-2-14-37-33-38(28-27-36(37)13-1)60(39-29-31-42-49-21-12-22-50-51-23-11-20-48(58(51)52(42)34-39)41-15-3-4-19-47(41)57(49)50)40-30-32-46-45-18-7-10-26-55(45)59(56(46)35-40)53-24-8-5-16-43(53)44-17-6-9-25-54(44)59/h1-35H. The normalized spacial score (nSPS) is 13.5. The fourth-order valence-corrected chi connectivity index (χ4v) is 11.6. The van der Waals surface area contributed by atoms with E-state index in [1.807, 2.05) is 0 Å². The van der Waals surface area contributed by atoms with Gasteiger partial charge in [0.25, 0.3) is 0 Å². The predicted molar refractivity (Wildman–Crippen MR) is 249 cm³/mol. The first-order chi connectivity index (χ1) is 29.8. The van der Waals surface area contributed by atoms with Crippen molar-refractivity contribution < 1.29 is 0 Å². The van der Waals surface area contributed by atoms with E-state index in [0.29, 0.717) is 0 Å². The Morgan fingerprint density at radius 3 is 1.27 bits per heavy atom. The first-order valence-corrected chi connectivity index (χ1v) is 21.0. The Morgan fingerprint density at radius 2 is 0.633 bits per heavy atom. The zero-order valence-electron chi connectivity index (χ0n) is 32.7. The van der Waals surface area contributed by atoms with Crippen molar-refractivity contribution in [1.82, 2.24) is 0 Å². The third-order valence-electron chi connectivity index (χ3n) is 14.0. The van der Waals surface area contributed by atoms with Crippen molar-refractivity contribution in [3.05, 3.63) is 235 Å². The molecule has 0 N–H and O–H groups in total. The number of nitrogens with zero attached hydrogens (tertiary/aromatic N) is 1. The van der Waals surface area contributed by atoms with Gasteiger partial charge in [0.05, 0.1) is 5.41 Å². The van der Waals surface area contributed by atoms with E-state index in [0.717, 1.165) is 17.1 Å². The Labute approximate surface area is 349 Å². The molecule has 0 heterocycles. The number of fused-ring (bicyclic) bond motifs is 15. The highest BCUT2D eigenvalue weighted by Crippen LogP contribution is 2.64. The molecule has 0 aliphatic heterocycles. The minimum atomic E-state index is -0.434. The molecule has 10 aromatic carbocycles. The molecule has 60 heavy (non-hydrogen) atoms. The lowest BCUT2D eigenvalue weighted by Gasteiger charge is -2.32. The topological polar surface area (TPSA) is 3.24 Å². The molecule has 4 aliphatic carbocycles. The largest absolute Gasteiger partial charge is 0.310 e. The molecular formula is C59H35N. The quantitative estimate of drug-likeness (QED) is 0.173. The molecule has 0 saturated heterocycles. The van der Waals surface area contributed by atoms with Crippen LogP contribution in [0.5, 0.6) is 0 Å². The van der Waals surface area contributed by atoms with Crippen LogP contribution in [0, 0.1) is 0 Å². The van der Waals surface area contributed by atoms with Gasteiger partial charge in [-0.1, -0.05) is 176 Å². The summed E-state index contributed by atoms with van der Waals surface area (Å²) in [6.07, 6.45) is 0. The van der Waals surface area contributed by atoms with E-state index in [1.54, 1.807) is 0 Å². The first kappa shape index (κ1) is 32.2. The fraction of sp³-hybridized carbons (Fsp3) is 0.0169. The van der Waals surface area contributed by atoms with E-state index >= 15 is 0 Å². The monoisotopic (exact) mass is 757 g/mol. The molecule has 0 unspecified atom stereocenters. The summed E-state index contributed by atoms with van der Waals surface area (Å²) in [7, 11) is 0. The molecule has 0 aromatic heterocycles. The van der Waals surface area contributed by atoms with Gasteiger partial charge in [-0.2, -0.15) is 0 Å². The summed E-state index contributed by atoms with van der Waals surface area (Å²) in [6, 6.07) is 80.1. The van der Waals surface area contributed by atoms with Gasteiger partial charge in [-0.15, -0.1) is 0 Å². The predicted octanol–water partition coefficient (Wildman–Crippen LogP) is 15.6. The van der Waals surface area contributed by atoms with Crippen molar-refractivity contribution in [1.29, 1.82) is 0 Å². The third kappa shape index (κ3) is 4.02. The molecule has 0 saturated carbocycles. The lowest BCUT2D eigenvalue weighted by molar-refractivity contribution is 0.793. The molecule has 10 aromatic rings. The summed E-state index contributed by atoms with van der Waals surface area (Å²) in [5.74, 6) is 0. The van der Waals surface area contributed by atoms with E-state index in [4.69, 9.17) is 0 Å². The second kappa shape index (κ2) is 11.7. The van der Waals surface area contributed by atoms with Crippen molar-refractivity contribution in [2.45, 2.75) is 5.41 Å². The van der Waals surface area contributed by atoms with Gasteiger partial charge in [0, 0.05) is 17.1 Å². The van der Waals surface area contributed by atoms with Crippen molar-refractivity contribution in [3.63, 3.8) is 0 Å². The van der Waals surface area contributed by atoms with Crippen LogP contribution < -0.4 is 4.90 Å². The molecule has 0 atom stereocenters. The molecule has 276 valence electrons. The van der Waals surface area contributed by atoms with Crippen molar-refractivity contribution in [2.75, 3.05) is 4.90 Å². The summed E-state index contributed by atoms with van der Waals surface area (Å²) in [4.78, 5) is 2.50. The van der Waals surface area contributed by atoms with Gasteiger partial charge < -0.3 is 4.90 Å². The van der Waals surface area contributed by atoms with E-state index in [1.165, 1.54) is 111 Å². The van der Waals surface area contributed by atoms with E-state index in [-0.39, 0.29) is 0 Å². The summed E-state index contributed by atoms with van der Waals surface area (Å²) < 4.78 is 0. The maximum atomic E-state index is 2.51. The Kier molecular flexibility index (Phi) is 6.28. The highest BCUT2D eigenvalue weighted by atomic mass is 15.1. The van der Waals surface area contributed by atoms with Crippen LogP contribution in [0.1, 0.15) is 22.3 Å². The number of hydrogen-bond acceptors (Lipinski definition) is 1. The fourth-order valence-electron chi connectivity index (χ4n) is 11.6. The smallest absolute Gasteiger partial charge is 0.0726 e. The molecule has 1 spiro atoms. The maximum absolute atomic E-state index is 2.51. The Morgan fingerprint density at radius 1 is 0.233 bits per heavy atom. The summed E-state index contributed by atoms with van der Waals surface area (Å²) in [6.45, 7) is 0. The van der Waals surface area contributed by atoms with Gasteiger partial charge in [-0.25, -0.2) is 0 Å². The number of hydrogen-bond donors (Lipinski definition) is 0. The lowest BCUT2D eigenvalue weighted by atomic mass is 9.70. The van der Waals surface area contributed by atoms with Gasteiger partial charge in [0.15, 0.2) is 0 Å². The third-order valence-corrected chi connectivity index (χ3v) is 14.0. The van der Waals surface area contributed by atoms with Gasteiger partial charge in [-0.3, -0.25) is 0 Å². The molecule has 1 nitrogen and oxygen atoms in total. The zero-order chi connectivity index (χ0) is 39.1. The van der Waals surface area contributed by atoms with E-state index in [9.17, 15) is 0 Å². The number of benzene rings is 10. The van der Waals surface area contributed by atoms with Crippen LogP contribution in [-0.4, -0.2) is 0 Å². The molecule has 1 heteroatoms. The van der Waals surface area contributed by atoms with Gasteiger partial charge in [0.1, 0.15) is 0 Å². The van der Waals surface area contributed by atoms with E-state index < -0.39 is 5.41 Å². The van der Waals surface area contributed by atoms with Crippen LogP contribution in [0.25, 0.3) is 88.7 Å². The van der Waals surface area contributed by atoms with Crippen LogP contribution in [0.4, 0.5) is 17.1 Å². The lowest BCUT2D eigenvalue weighted by Crippen LogP contribution is -2.26. The summed E-state index contributed by atoms with van der Waals surface area (Å²) in [5, 5.41) is 2.45. The second-order valence-corrected chi connectivity index (χ2v) is 16.7. The first-order valence-electron chi connectivity index (χ1n) is 21.0. The molecule has 0 radical (unpaired) electrons. The molecule has 0 fully saturated rings. The van der Waals surface area contributed by atoms with Gasteiger partial charge in [0.2, 0.25) is 0 Å².